The van der Waals surface area contributed by atoms with Gasteiger partial charge in [0, 0.05) is 12.7 Å². The zero-order valence-corrected chi connectivity index (χ0v) is 15.9. The molecule has 0 radical (unpaired) electrons. The molecule has 11 heteroatoms. The Kier molecular flexibility index (Phi) is 6.58. The molecular formula is C15H20N6O3S2. The van der Waals surface area contributed by atoms with Crippen molar-refractivity contribution in [2.45, 2.75) is 30.1 Å². The van der Waals surface area contributed by atoms with Crippen molar-refractivity contribution in [3.63, 3.8) is 0 Å². The lowest BCUT2D eigenvalue weighted by Gasteiger charge is -2.22. The number of aromatic nitrogens is 4. The third kappa shape index (κ3) is 5.02. The van der Waals surface area contributed by atoms with Crippen molar-refractivity contribution in [2.75, 3.05) is 30.8 Å². The first-order chi connectivity index (χ1) is 12.7. The second-order valence-electron chi connectivity index (χ2n) is 5.60. The summed E-state index contributed by atoms with van der Waals surface area (Å²) in [4.78, 5) is 23.7. The number of thioether (sulfide) groups is 1. The van der Waals surface area contributed by atoms with E-state index >= 15 is 0 Å². The topological polar surface area (TPSA) is 111 Å². The molecule has 0 bridgehead atoms. The van der Waals surface area contributed by atoms with Crippen LogP contribution in [0.15, 0.2) is 16.6 Å². The summed E-state index contributed by atoms with van der Waals surface area (Å²) in [5.41, 5.74) is 0.339. The van der Waals surface area contributed by atoms with E-state index in [-0.39, 0.29) is 23.7 Å². The van der Waals surface area contributed by atoms with Gasteiger partial charge in [-0.3, -0.25) is 19.6 Å². The van der Waals surface area contributed by atoms with Crippen molar-refractivity contribution in [1.29, 1.82) is 0 Å². The van der Waals surface area contributed by atoms with Crippen molar-refractivity contribution < 1.29 is 14.3 Å². The van der Waals surface area contributed by atoms with Crippen LogP contribution in [0.4, 0.5) is 5.13 Å². The van der Waals surface area contributed by atoms with Crippen LogP contribution in [0.5, 0.6) is 0 Å². The lowest BCUT2D eigenvalue weighted by molar-refractivity contribution is -0.139. The highest BCUT2D eigenvalue weighted by Crippen LogP contribution is 2.26. The van der Waals surface area contributed by atoms with Crippen molar-refractivity contribution in [2.24, 2.45) is 0 Å². The molecule has 1 aliphatic heterocycles. The molecule has 1 saturated heterocycles. The molecule has 2 aromatic heterocycles. The second-order valence-corrected chi connectivity index (χ2v) is 7.80. The minimum Gasteiger partial charge on any atom is -0.465 e. The van der Waals surface area contributed by atoms with E-state index in [0.29, 0.717) is 21.8 Å². The number of piperidine rings is 1. The number of esters is 1. The summed E-state index contributed by atoms with van der Waals surface area (Å²) in [5, 5.41) is 18.6. The minimum absolute atomic E-state index is 0.163. The molecule has 3 heterocycles. The van der Waals surface area contributed by atoms with Crippen LogP contribution >= 0.6 is 23.1 Å². The molecule has 0 spiro atoms. The molecule has 2 N–H and O–H groups in total. The number of carbonyl (C=O) groups is 2. The van der Waals surface area contributed by atoms with Crippen molar-refractivity contribution in [3.05, 3.63) is 18.0 Å². The molecule has 0 aliphatic carbocycles. The van der Waals surface area contributed by atoms with Crippen LogP contribution in [0.25, 0.3) is 0 Å². The Bertz CT molecular complexity index is 756. The van der Waals surface area contributed by atoms with Crippen LogP contribution in [-0.2, 0) is 9.53 Å². The molecular weight excluding hydrogens is 376 g/mol. The average molecular weight is 396 g/mol. The number of amides is 1. The fourth-order valence-electron chi connectivity index (χ4n) is 2.52. The van der Waals surface area contributed by atoms with Crippen molar-refractivity contribution in [3.8, 4) is 0 Å². The molecule has 1 amide bonds. The molecule has 1 aliphatic rings. The Labute approximate surface area is 158 Å². The van der Waals surface area contributed by atoms with Gasteiger partial charge in [-0.2, -0.15) is 5.10 Å². The average Bonchev–Trinajstić information content (AvgIpc) is 3.31. The van der Waals surface area contributed by atoms with E-state index in [9.17, 15) is 9.59 Å². The smallest absolute Gasteiger partial charge is 0.316 e. The highest BCUT2D eigenvalue weighted by molar-refractivity contribution is 8.01. The molecule has 0 saturated carbocycles. The van der Waals surface area contributed by atoms with E-state index in [1.165, 1.54) is 23.1 Å². The first kappa shape index (κ1) is 18.8. The summed E-state index contributed by atoms with van der Waals surface area (Å²) in [6.45, 7) is 3.99. The number of anilines is 1. The largest absolute Gasteiger partial charge is 0.465 e. The van der Waals surface area contributed by atoms with Crippen LogP contribution < -0.4 is 10.6 Å². The van der Waals surface area contributed by atoms with Crippen molar-refractivity contribution >= 4 is 40.1 Å². The van der Waals surface area contributed by atoms with Gasteiger partial charge in [-0.25, -0.2) is 0 Å². The van der Waals surface area contributed by atoms with Crippen LogP contribution in [0.3, 0.4) is 0 Å². The lowest BCUT2D eigenvalue weighted by Crippen LogP contribution is -2.32. The van der Waals surface area contributed by atoms with Gasteiger partial charge in [0.25, 0.3) is 5.91 Å². The van der Waals surface area contributed by atoms with E-state index in [4.69, 9.17) is 4.74 Å². The van der Waals surface area contributed by atoms with Crippen molar-refractivity contribution in [1.82, 2.24) is 25.3 Å². The van der Waals surface area contributed by atoms with Crippen LogP contribution in [0.1, 0.15) is 36.3 Å². The van der Waals surface area contributed by atoms with Crippen LogP contribution in [0, 0.1) is 0 Å². The molecule has 1 unspecified atom stereocenters. The standard InChI is InChI=1S/C15H20N6O3S2/c1-2-24-12(22)9-25-15-19-18-14(26-15)17-13(23)11-5-7-21(20-11)10-4-3-6-16-8-10/h5,7,10,16H,2-4,6,8-9H2,1H3,(H,17,18,23). The van der Waals surface area contributed by atoms with Gasteiger partial charge in [0.2, 0.25) is 5.13 Å². The van der Waals surface area contributed by atoms with E-state index in [1.54, 1.807) is 13.0 Å². The molecule has 1 atom stereocenters. The van der Waals surface area contributed by atoms with E-state index in [2.05, 4.69) is 25.9 Å². The van der Waals surface area contributed by atoms with E-state index in [0.717, 1.165) is 25.9 Å². The summed E-state index contributed by atoms with van der Waals surface area (Å²) < 4.78 is 7.28. The first-order valence-electron chi connectivity index (χ1n) is 8.35. The number of ether oxygens (including phenoxy) is 1. The zero-order chi connectivity index (χ0) is 18.4. The quantitative estimate of drug-likeness (QED) is 0.412. The Hall–Kier alpha value is -1.98. The summed E-state index contributed by atoms with van der Waals surface area (Å²) in [7, 11) is 0. The SMILES string of the molecule is CCOC(=O)CSc1nnc(NC(=O)c2ccn(C3CCCNC3)n2)s1. The lowest BCUT2D eigenvalue weighted by atomic mass is 10.1. The predicted octanol–water partition coefficient (Wildman–Crippen LogP) is 1.57. The summed E-state index contributed by atoms with van der Waals surface area (Å²) in [6, 6.07) is 1.97. The Morgan fingerprint density at radius 3 is 3.15 bits per heavy atom. The van der Waals surface area contributed by atoms with Gasteiger partial charge in [0.05, 0.1) is 18.4 Å². The van der Waals surface area contributed by atoms with Crippen LogP contribution in [0.2, 0.25) is 0 Å². The number of rotatable bonds is 7. The third-order valence-corrected chi connectivity index (χ3v) is 5.68. The van der Waals surface area contributed by atoms with Gasteiger partial charge < -0.3 is 10.1 Å². The van der Waals surface area contributed by atoms with Gasteiger partial charge in [-0.1, -0.05) is 23.1 Å². The molecule has 9 nitrogen and oxygen atoms in total. The molecule has 1 fully saturated rings. The van der Waals surface area contributed by atoms with Gasteiger partial charge in [-0.05, 0) is 32.4 Å². The molecule has 3 rings (SSSR count). The monoisotopic (exact) mass is 396 g/mol. The highest BCUT2D eigenvalue weighted by Gasteiger charge is 2.18. The maximum atomic E-state index is 12.3. The Morgan fingerprint density at radius 1 is 1.50 bits per heavy atom. The maximum absolute atomic E-state index is 12.3. The summed E-state index contributed by atoms with van der Waals surface area (Å²) >= 11 is 2.43. The highest BCUT2D eigenvalue weighted by atomic mass is 32.2. The van der Waals surface area contributed by atoms with E-state index < -0.39 is 0 Å². The molecule has 26 heavy (non-hydrogen) atoms. The number of nitrogens with one attached hydrogen (secondary N) is 2. The zero-order valence-electron chi connectivity index (χ0n) is 14.3. The molecule has 140 valence electrons. The number of hydrogen-bond donors (Lipinski definition) is 2. The summed E-state index contributed by atoms with van der Waals surface area (Å²) in [6.07, 6.45) is 3.98. The number of hydrogen-bond acceptors (Lipinski definition) is 9. The number of carbonyl (C=O) groups excluding carboxylic acids is 2. The van der Waals surface area contributed by atoms with Crippen LogP contribution in [-0.4, -0.2) is 57.3 Å². The Balaban J connectivity index is 1.53. The number of nitrogens with zero attached hydrogens (tertiary/aromatic N) is 4. The molecule has 0 aromatic carbocycles. The van der Waals surface area contributed by atoms with E-state index in [1.807, 2.05) is 10.9 Å². The maximum Gasteiger partial charge on any atom is 0.316 e. The van der Waals surface area contributed by atoms with Gasteiger partial charge in [-0.15, -0.1) is 10.2 Å². The fourth-order valence-corrected chi connectivity index (χ4v) is 4.07. The van der Waals surface area contributed by atoms with Gasteiger partial charge in [0.15, 0.2) is 10.0 Å². The summed E-state index contributed by atoms with van der Waals surface area (Å²) in [5.74, 6) is -0.470. The predicted molar refractivity (Wildman–Crippen MR) is 98.6 cm³/mol. The third-order valence-electron chi connectivity index (χ3n) is 3.73. The van der Waals surface area contributed by atoms with Gasteiger partial charge >= 0.3 is 5.97 Å². The first-order valence-corrected chi connectivity index (χ1v) is 10.1. The molecule has 2 aromatic rings. The van der Waals surface area contributed by atoms with Gasteiger partial charge in [0.1, 0.15) is 0 Å². The minimum atomic E-state index is -0.328. The fraction of sp³-hybridized carbons (Fsp3) is 0.533. The Morgan fingerprint density at radius 2 is 2.38 bits per heavy atom. The second kappa shape index (κ2) is 9.10. The normalized spacial score (nSPS) is 17.0.